The zero-order chi connectivity index (χ0) is 19.8. The molecule has 4 rings (SSSR count). The Morgan fingerprint density at radius 1 is 1.11 bits per heavy atom. The summed E-state index contributed by atoms with van der Waals surface area (Å²) >= 11 is 0. The number of benzene rings is 1. The summed E-state index contributed by atoms with van der Waals surface area (Å²) in [6, 6.07) is 11.5. The van der Waals surface area contributed by atoms with Crippen molar-refractivity contribution in [2.45, 2.75) is 13.8 Å². The molecule has 0 unspecified atom stereocenters. The first-order chi connectivity index (χ1) is 13.5. The number of carbonyl (C=O) groups excluding carboxylic acids is 1. The lowest BCUT2D eigenvalue weighted by Crippen LogP contribution is -2.22. The SMILES string of the molecule is Cc1ccc2c(C(=O)N(C)C)cc(-c3cnn(-c4ccccn4)c3)nc2c1C. The van der Waals surface area contributed by atoms with E-state index < -0.39 is 0 Å². The van der Waals surface area contributed by atoms with E-state index in [0.29, 0.717) is 11.3 Å². The molecule has 0 aliphatic rings. The maximum absolute atomic E-state index is 12.8. The van der Waals surface area contributed by atoms with E-state index in [1.54, 1.807) is 36.1 Å². The van der Waals surface area contributed by atoms with Gasteiger partial charge in [0, 0.05) is 37.4 Å². The Morgan fingerprint density at radius 3 is 2.64 bits per heavy atom. The van der Waals surface area contributed by atoms with Crippen LogP contribution in [0.1, 0.15) is 21.5 Å². The van der Waals surface area contributed by atoms with Crippen molar-refractivity contribution in [1.82, 2.24) is 24.6 Å². The highest BCUT2D eigenvalue weighted by molar-refractivity contribution is 6.07. The van der Waals surface area contributed by atoms with Gasteiger partial charge in [-0.3, -0.25) is 4.79 Å². The number of carbonyl (C=O) groups is 1. The molecule has 0 aliphatic carbocycles. The van der Waals surface area contributed by atoms with Crippen molar-refractivity contribution in [2.24, 2.45) is 0 Å². The summed E-state index contributed by atoms with van der Waals surface area (Å²) in [5.41, 5.74) is 5.25. The molecule has 0 N–H and O–H groups in total. The van der Waals surface area contributed by atoms with E-state index in [4.69, 9.17) is 4.98 Å². The molecule has 0 saturated heterocycles. The average Bonchev–Trinajstić information content (AvgIpc) is 3.20. The number of hydrogen-bond donors (Lipinski definition) is 0. The number of amides is 1. The normalized spacial score (nSPS) is 11.0. The van der Waals surface area contributed by atoms with Crippen molar-refractivity contribution in [2.75, 3.05) is 14.1 Å². The molecule has 4 aromatic rings. The van der Waals surface area contributed by atoms with Gasteiger partial charge in [-0.25, -0.2) is 14.6 Å². The van der Waals surface area contributed by atoms with E-state index >= 15 is 0 Å². The number of hydrogen-bond acceptors (Lipinski definition) is 4. The summed E-state index contributed by atoms with van der Waals surface area (Å²) in [5.74, 6) is 0.681. The smallest absolute Gasteiger partial charge is 0.254 e. The third-order valence-corrected chi connectivity index (χ3v) is 4.90. The van der Waals surface area contributed by atoms with Crippen LogP contribution in [0.4, 0.5) is 0 Å². The minimum absolute atomic E-state index is 0.0472. The van der Waals surface area contributed by atoms with Crippen molar-refractivity contribution < 1.29 is 4.79 Å². The minimum atomic E-state index is -0.0472. The molecule has 1 amide bonds. The molecule has 0 saturated carbocycles. The van der Waals surface area contributed by atoms with Crippen LogP contribution in [0.15, 0.2) is 55.0 Å². The van der Waals surface area contributed by atoms with E-state index in [1.165, 1.54) is 0 Å². The van der Waals surface area contributed by atoms with Crippen LogP contribution in [0.25, 0.3) is 28.0 Å². The standard InChI is InChI=1S/C22H21N5O/c1-14-8-9-17-18(22(28)26(3)4)11-19(25-21(17)15(14)2)16-12-24-27(13-16)20-7-5-6-10-23-20/h5-13H,1-4H3. The number of aromatic nitrogens is 4. The third kappa shape index (κ3) is 3.03. The monoisotopic (exact) mass is 371 g/mol. The largest absolute Gasteiger partial charge is 0.345 e. The Hall–Kier alpha value is -3.54. The fourth-order valence-corrected chi connectivity index (χ4v) is 3.17. The second-order valence-corrected chi connectivity index (χ2v) is 7.02. The first-order valence-corrected chi connectivity index (χ1v) is 9.05. The van der Waals surface area contributed by atoms with Crippen LogP contribution in [-0.4, -0.2) is 44.7 Å². The highest BCUT2D eigenvalue weighted by Crippen LogP contribution is 2.29. The average molecular weight is 371 g/mol. The number of nitrogens with zero attached hydrogens (tertiary/aromatic N) is 5. The Balaban J connectivity index is 1.92. The zero-order valence-corrected chi connectivity index (χ0v) is 16.3. The van der Waals surface area contributed by atoms with Crippen molar-refractivity contribution >= 4 is 16.8 Å². The highest BCUT2D eigenvalue weighted by atomic mass is 16.2. The number of fused-ring (bicyclic) bond motifs is 1. The molecule has 0 radical (unpaired) electrons. The lowest BCUT2D eigenvalue weighted by Gasteiger charge is -2.15. The van der Waals surface area contributed by atoms with E-state index in [2.05, 4.69) is 17.0 Å². The zero-order valence-electron chi connectivity index (χ0n) is 16.3. The predicted molar refractivity (Wildman–Crippen MR) is 110 cm³/mol. The highest BCUT2D eigenvalue weighted by Gasteiger charge is 2.18. The Labute approximate surface area is 163 Å². The van der Waals surface area contributed by atoms with Gasteiger partial charge in [-0.15, -0.1) is 0 Å². The number of rotatable bonds is 3. The van der Waals surface area contributed by atoms with Gasteiger partial charge in [0.15, 0.2) is 5.82 Å². The molecule has 0 atom stereocenters. The van der Waals surface area contributed by atoms with Crippen LogP contribution in [0.3, 0.4) is 0 Å². The second-order valence-electron chi connectivity index (χ2n) is 7.02. The third-order valence-electron chi connectivity index (χ3n) is 4.90. The number of aryl methyl sites for hydroxylation is 2. The summed E-state index contributed by atoms with van der Waals surface area (Å²) in [6.45, 7) is 4.09. The van der Waals surface area contributed by atoms with Crippen LogP contribution in [0.5, 0.6) is 0 Å². The molecule has 3 heterocycles. The fourth-order valence-electron chi connectivity index (χ4n) is 3.17. The molecule has 0 bridgehead atoms. The number of pyridine rings is 2. The van der Waals surface area contributed by atoms with Crippen LogP contribution in [0, 0.1) is 13.8 Å². The van der Waals surface area contributed by atoms with Gasteiger partial charge in [0.05, 0.1) is 23.0 Å². The van der Waals surface area contributed by atoms with Gasteiger partial charge in [0.25, 0.3) is 5.91 Å². The van der Waals surface area contributed by atoms with Crippen molar-refractivity contribution in [1.29, 1.82) is 0 Å². The Morgan fingerprint density at radius 2 is 1.93 bits per heavy atom. The summed E-state index contributed by atoms with van der Waals surface area (Å²) in [6.07, 6.45) is 5.36. The molecule has 140 valence electrons. The second kappa shape index (κ2) is 6.88. The summed E-state index contributed by atoms with van der Waals surface area (Å²) in [5, 5.41) is 5.27. The Bertz CT molecular complexity index is 1180. The van der Waals surface area contributed by atoms with E-state index in [0.717, 1.165) is 33.4 Å². The van der Waals surface area contributed by atoms with Crippen molar-refractivity contribution in [3.05, 3.63) is 71.7 Å². The fraction of sp³-hybridized carbons (Fsp3) is 0.182. The molecule has 6 heteroatoms. The van der Waals surface area contributed by atoms with Gasteiger partial charge in [0.1, 0.15) is 0 Å². The molecule has 0 spiro atoms. The molecular weight excluding hydrogens is 350 g/mol. The molecule has 0 fully saturated rings. The molecule has 3 aromatic heterocycles. The van der Waals surface area contributed by atoms with Crippen LogP contribution in [0.2, 0.25) is 0 Å². The summed E-state index contributed by atoms with van der Waals surface area (Å²) in [7, 11) is 3.52. The van der Waals surface area contributed by atoms with Crippen LogP contribution < -0.4 is 0 Å². The lowest BCUT2D eigenvalue weighted by molar-refractivity contribution is 0.0829. The molecule has 28 heavy (non-hydrogen) atoms. The van der Waals surface area contributed by atoms with Gasteiger partial charge in [-0.05, 0) is 43.2 Å². The van der Waals surface area contributed by atoms with E-state index in [1.807, 2.05) is 49.5 Å². The topological polar surface area (TPSA) is 63.9 Å². The summed E-state index contributed by atoms with van der Waals surface area (Å²) < 4.78 is 1.71. The molecule has 0 aliphatic heterocycles. The van der Waals surface area contributed by atoms with E-state index in [-0.39, 0.29) is 5.91 Å². The molecule has 1 aromatic carbocycles. The van der Waals surface area contributed by atoms with Crippen molar-refractivity contribution in [3.63, 3.8) is 0 Å². The predicted octanol–water partition coefficient (Wildman–Crippen LogP) is 3.80. The van der Waals surface area contributed by atoms with E-state index in [9.17, 15) is 4.79 Å². The van der Waals surface area contributed by atoms with Gasteiger partial charge in [-0.2, -0.15) is 5.10 Å². The van der Waals surface area contributed by atoms with Gasteiger partial charge >= 0.3 is 0 Å². The van der Waals surface area contributed by atoms with Crippen molar-refractivity contribution in [3.8, 4) is 17.1 Å². The lowest BCUT2D eigenvalue weighted by atomic mass is 9.99. The van der Waals surface area contributed by atoms with Gasteiger partial charge in [-0.1, -0.05) is 18.2 Å². The van der Waals surface area contributed by atoms with Crippen LogP contribution >= 0.6 is 0 Å². The van der Waals surface area contributed by atoms with Gasteiger partial charge in [0.2, 0.25) is 0 Å². The molecular formula is C22H21N5O. The molecule has 6 nitrogen and oxygen atoms in total. The summed E-state index contributed by atoms with van der Waals surface area (Å²) in [4.78, 5) is 23.6. The minimum Gasteiger partial charge on any atom is -0.345 e. The maximum atomic E-state index is 12.8. The first kappa shape index (κ1) is 17.9. The quantitative estimate of drug-likeness (QED) is 0.549. The first-order valence-electron chi connectivity index (χ1n) is 9.05. The maximum Gasteiger partial charge on any atom is 0.254 e. The Kier molecular flexibility index (Phi) is 4.39. The van der Waals surface area contributed by atoms with Crippen LogP contribution in [-0.2, 0) is 0 Å². The van der Waals surface area contributed by atoms with Gasteiger partial charge < -0.3 is 4.90 Å².